The number of halogens is 1. The molecule has 28 heavy (non-hydrogen) atoms. The molecule has 0 spiro atoms. The number of methoxy groups -OCH3 is 1. The van der Waals surface area contributed by atoms with Crippen molar-refractivity contribution in [1.29, 1.82) is 0 Å². The molecule has 3 N–H and O–H groups in total. The summed E-state index contributed by atoms with van der Waals surface area (Å²) in [6.45, 7) is 5.76. The van der Waals surface area contributed by atoms with E-state index in [4.69, 9.17) is 9.47 Å². The van der Waals surface area contributed by atoms with Crippen LogP contribution < -0.4 is 20.1 Å². The number of para-hydroxylation sites is 1. The van der Waals surface area contributed by atoms with Gasteiger partial charge in [0.25, 0.3) is 0 Å². The zero-order valence-electron chi connectivity index (χ0n) is 16.6. The van der Waals surface area contributed by atoms with Gasteiger partial charge in [-0.15, -0.1) is 24.0 Å². The first-order valence-corrected chi connectivity index (χ1v) is 9.14. The van der Waals surface area contributed by atoms with Gasteiger partial charge in [0.15, 0.2) is 5.96 Å². The highest BCUT2D eigenvalue weighted by molar-refractivity contribution is 14.0. The second-order valence-corrected chi connectivity index (χ2v) is 6.17. The Kier molecular flexibility index (Phi) is 11.4. The topological polar surface area (TPSA) is 75.1 Å². The lowest BCUT2D eigenvalue weighted by Crippen LogP contribution is -2.42. The van der Waals surface area contributed by atoms with Crippen LogP contribution in [0.3, 0.4) is 0 Å². The first kappa shape index (κ1) is 24.0. The number of hydrogen-bond donors (Lipinski definition) is 3. The van der Waals surface area contributed by atoms with Crippen molar-refractivity contribution in [3.63, 3.8) is 0 Å². The van der Waals surface area contributed by atoms with E-state index in [1.165, 1.54) is 0 Å². The lowest BCUT2D eigenvalue weighted by Gasteiger charge is -2.16. The highest BCUT2D eigenvalue weighted by atomic mass is 127. The Morgan fingerprint density at radius 3 is 2.64 bits per heavy atom. The fourth-order valence-electron chi connectivity index (χ4n) is 2.51. The number of aliphatic hydroxyl groups is 1. The summed E-state index contributed by atoms with van der Waals surface area (Å²) in [5, 5.41) is 16.5. The predicted molar refractivity (Wildman–Crippen MR) is 124 cm³/mol. The number of ether oxygens (including phenoxy) is 2. The molecule has 0 bridgehead atoms. The Bertz CT molecular complexity index is 740. The molecule has 0 radical (unpaired) electrons. The number of aliphatic hydroxyl groups excluding tert-OH is 1. The van der Waals surface area contributed by atoms with Crippen molar-refractivity contribution >= 4 is 29.9 Å². The van der Waals surface area contributed by atoms with Gasteiger partial charge in [-0.05, 0) is 37.6 Å². The number of nitrogens with zero attached hydrogens (tertiary/aromatic N) is 1. The summed E-state index contributed by atoms with van der Waals surface area (Å²) >= 11 is 0. The lowest BCUT2D eigenvalue weighted by molar-refractivity contribution is 0.110. The van der Waals surface area contributed by atoms with Crippen molar-refractivity contribution in [2.75, 3.05) is 26.8 Å². The standard InChI is InChI=1S/C21H29N3O3.HI/c1-4-22-21(23-13-17-9-5-6-11-20(17)26-3)24-14-18(25)15-27-19-10-7-8-16(2)12-19;/h5-12,18,25H,4,13-15H2,1-3H3,(H2,22,23,24);1H. The average molecular weight is 499 g/mol. The summed E-state index contributed by atoms with van der Waals surface area (Å²) in [6, 6.07) is 15.5. The maximum atomic E-state index is 10.2. The highest BCUT2D eigenvalue weighted by Crippen LogP contribution is 2.17. The van der Waals surface area contributed by atoms with Crippen molar-refractivity contribution in [2.24, 2.45) is 4.99 Å². The molecule has 0 heterocycles. The van der Waals surface area contributed by atoms with Crippen molar-refractivity contribution in [3.8, 4) is 11.5 Å². The number of nitrogens with one attached hydrogen (secondary N) is 2. The van der Waals surface area contributed by atoms with Gasteiger partial charge in [-0.25, -0.2) is 4.99 Å². The number of aryl methyl sites for hydroxylation is 1. The van der Waals surface area contributed by atoms with Crippen LogP contribution in [-0.4, -0.2) is 44.0 Å². The average Bonchev–Trinajstić information content (AvgIpc) is 2.68. The minimum atomic E-state index is -0.652. The Morgan fingerprint density at radius 2 is 1.93 bits per heavy atom. The summed E-state index contributed by atoms with van der Waals surface area (Å²) in [5.41, 5.74) is 2.12. The number of hydrogen-bond acceptors (Lipinski definition) is 4. The van der Waals surface area contributed by atoms with Crippen molar-refractivity contribution < 1.29 is 14.6 Å². The summed E-state index contributed by atoms with van der Waals surface area (Å²) in [4.78, 5) is 4.56. The summed E-state index contributed by atoms with van der Waals surface area (Å²) in [7, 11) is 1.65. The van der Waals surface area contributed by atoms with E-state index in [2.05, 4.69) is 15.6 Å². The van der Waals surface area contributed by atoms with Crippen molar-refractivity contribution in [2.45, 2.75) is 26.5 Å². The second kappa shape index (κ2) is 13.2. The molecule has 2 rings (SSSR count). The normalized spacial score (nSPS) is 11.9. The van der Waals surface area contributed by atoms with Gasteiger partial charge in [0.05, 0.1) is 13.7 Å². The minimum absolute atomic E-state index is 0. The summed E-state index contributed by atoms with van der Waals surface area (Å²) < 4.78 is 11.0. The number of guanidine groups is 1. The van der Waals surface area contributed by atoms with Gasteiger partial charge in [-0.2, -0.15) is 0 Å². The molecule has 0 amide bonds. The quantitative estimate of drug-likeness (QED) is 0.281. The summed E-state index contributed by atoms with van der Waals surface area (Å²) in [5.74, 6) is 2.20. The minimum Gasteiger partial charge on any atom is -0.496 e. The zero-order chi connectivity index (χ0) is 19.5. The van der Waals surface area contributed by atoms with E-state index in [1.54, 1.807) is 7.11 Å². The van der Waals surface area contributed by atoms with Crippen LogP contribution in [0.4, 0.5) is 0 Å². The van der Waals surface area contributed by atoms with E-state index in [1.807, 2.05) is 62.4 Å². The van der Waals surface area contributed by atoms with E-state index < -0.39 is 6.10 Å². The molecular formula is C21H30IN3O3. The van der Waals surface area contributed by atoms with Crippen LogP contribution in [0.25, 0.3) is 0 Å². The van der Waals surface area contributed by atoms with Crippen LogP contribution in [0.15, 0.2) is 53.5 Å². The lowest BCUT2D eigenvalue weighted by atomic mass is 10.2. The van der Waals surface area contributed by atoms with Gasteiger partial charge in [0.2, 0.25) is 0 Å². The Morgan fingerprint density at radius 1 is 1.14 bits per heavy atom. The molecule has 154 valence electrons. The van der Waals surface area contributed by atoms with Gasteiger partial charge in [-0.3, -0.25) is 0 Å². The molecule has 2 aromatic carbocycles. The van der Waals surface area contributed by atoms with Crippen LogP contribution in [-0.2, 0) is 6.54 Å². The smallest absolute Gasteiger partial charge is 0.191 e. The predicted octanol–water partition coefficient (Wildman–Crippen LogP) is 3.12. The fraction of sp³-hybridized carbons (Fsp3) is 0.381. The molecule has 2 aromatic rings. The number of benzene rings is 2. The van der Waals surface area contributed by atoms with Crippen LogP contribution >= 0.6 is 24.0 Å². The van der Waals surface area contributed by atoms with Crippen LogP contribution in [0.2, 0.25) is 0 Å². The Labute approximate surface area is 184 Å². The summed E-state index contributed by atoms with van der Waals surface area (Å²) in [6.07, 6.45) is -0.652. The molecule has 0 saturated carbocycles. The van der Waals surface area contributed by atoms with Gasteiger partial charge in [-0.1, -0.05) is 30.3 Å². The molecule has 0 aliphatic carbocycles. The number of aliphatic imine (C=N–C) groups is 1. The molecule has 0 saturated heterocycles. The fourth-order valence-corrected chi connectivity index (χ4v) is 2.51. The second-order valence-electron chi connectivity index (χ2n) is 6.17. The molecule has 0 aromatic heterocycles. The molecule has 1 atom stereocenters. The third kappa shape index (κ3) is 8.35. The SMILES string of the molecule is CCNC(=NCc1ccccc1OC)NCC(O)COc1cccc(C)c1.I. The molecule has 7 heteroatoms. The van der Waals surface area contributed by atoms with Gasteiger partial charge >= 0.3 is 0 Å². The molecule has 1 unspecified atom stereocenters. The molecule has 6 nitrogen and oxygen atoms in total. The van der Waals surface area contributed by atoms with Crippen LogP contribution in [0.5, 0.6) is 11.5 Å². The highest BCUT2D eigenvalue weighted by Gasteiger charge is 2.08. The monoisotopic (exact) mass is 499 g/mol. The van der Waals surface area contributed by atoms with E-state index in [0.29, 0.717) is 19.0 Å². The largest absolute Gasteiger partial charge is 0.496 e. The maximum Gasteiger partial charge on any atom is 0.191 e. The van der Waals surface area contributed by atoms with E-state index in [-0.39, 0.29) is 30.6 Å². The maximum absolute atomic E-state index is 10.2. The van der Waals surface area contributed by atoms with Crippen LogP contribution in [0, 0.1) is 6.92 Å². The zero-order valence-corrected chi connectivity index (χ0v) is 19.0. The molecule has 0 aliphatic heterocycles. The third-order valence-corrected chi connectivity index (χ3v) is 3.88. The van der Waals surface area contributed by atoms with E-state index in [0.717, 1.165) is 29.2 Å². The molecule has 0 aliphatic rings. The van der Waals surface area contributed by atoms with Gasteiger partial charge in [0.1, 0.15) is 24.2 Å². The Balaban J connectivity index is 0.00000392. The van der Waals surface area contributed by atoms with Gasteiger partial charge in [0, 0.05) is 18.7 Å². The molecular weight excluding hydrogens is 469 g/mol. The van der Waals surface area contributed by atoms with E-state index in [9.17, 15) is 5.11 Å². The van der Waals surface area contributed by atoms with E-state index >= 15 is 0 Å². The number of rotatable bonds is 9. The Hall–Kier alpha value is -2.00. The first-order valence-electron chi connectivity index (χ1n) is 9.14. The first-order chi connectivity index (χ1) is 13.1. The van der Waals surface area contributed by atoms with Crippen LogP contribution in [0.1, 0.15) is 18.1 Å². The molecule has 0 fully saturated rings. The van der Waals surface area contributed by atoms with Crippen molar-refractivity contribution in [1.82, 2.24) is 10.6 Å². The third-order valence-electron chi connectivity index (χ3n) is 3.88. The van der Waals surface area contributed by atoms with Gasteiger partial charge < -0.3 is 25.2 Å². The van der Waals surface area contributed by atoms with Crippen molar-refractivity contribution in [3.05, 3.63) is 59.7 Å².